The number of halogens is 3. The van der Waals surface area contributed by atoms with Crippen LogP contribution in [0.15, 0.2) is 65.6 Å². The molecule has 0 atom stereocenters. The van der Waals surface area contributed by atoms with Crippen molar-refractivity contribution in [3.8, 4) is 22.9 Å². The number of aromatic nitrogens is 1. The van der Waals surface area contributed by atoms with Gasteiger partial charge < -0.3 is 45.1 Å². The summed E-state index contributed by atoms with van der Waals surface area (Å²) < 4.78 is 48.4. The summed E-state index contributed by atoms with van der Waals surface area (Å²) >= 11 is 0. The average molecular weight is 771 g/mol. The number of hydrogen-bond donors (Lipinski definition) is 0. The van der Waals surface area contributed by atoms with Crippen LogP contribution in [0.5, 0.6) is 17.2 Å². The minimum atomic E-state index is -0.822. The highest BCUT2D eigenvalue weighted by Crippen LogP contribution is 2.30. The number of methoxy groups -OCH3 is 2. The summed E-state index contributed by atoms with van der Waals surface area (Å²) in [6.07, 6.45) is 12.5. The van der Waals surface area contributed by atoms with Gasteiger partial charge >= 0.3 is 0 Å². The third kappa shape index (κ3) is 10.1. The van der Waals surface area contributed by atoms with Crippen LogP contribution in [0.3, 0.4) is 0 Å². The molecule has 1 aromatic heterocycles. The van der Waals surface area contributed by atoms with E-state index in [1.54, 1.807) is 47.9 Å². The summed E-state index contributed by atoms with van der Waals surface area (Å²) in [6, 6.07) is 13.3. The van der Waals surface area contributed by atoms with Gasteiger partial charge in [-0.05, 0) is 69.7 Å². The lowest BCUT2D eigenvalue weighted by Crippen LogP contribution is -3.00. The zero-order chi connectivity index (χ0) is 35.7. The highest BCUT2D eigenvalue weighted by Gasteiger charge is 2.25. The first kappa shape index (κ1) is 39.8. The number of pyridine rings is 1. The number of nitrogens with zero attached hydrogens (tertiary/aromatic N) is 3. The quantitative estimate of drug-likeness (QED) is 0.114. The Labute approximate surface area is 310 Å². The monoisotopic (exact) mass is 769 g/mol. The van der Waals surface area contributed by atoms with Crippen LogP contribution in [0.1, 0.15) is 75.1 Å². The Morgan fingerprint density at radius 1 is 0.824 bits per heavy atom. The van der Waals surface area contributed by atoms with Crippen LogP contribution in [-0.4, -0.2) is 69.0 Å². The fourth-order valence-electron chi connectivity index (χ4n) is 6.97. The number of ether oxygens (including phenoxy) is 3. The molecule has 0 bridgehead atoms. The molecular weight excluding hydrogens is 720 g/mol. The number of rotatable bonds is 16. The van der Waals surface area contributed by atoms with Gasteiger partial charge in [0.1, 0.15) is 34.4 Å². The maximum Gasteiger partial charge on any atom is 0.263 e. The summed E-state index contributed by atoms with van der Waals surface area (Å²) in [7, 11) is 5.49. The SMILES string of the molecule is CCN(C(=O)c1cn(-c2cc(OC)cc(OC)c2)c2cc(OCCCCCCCC[N+]3(C)CCCCC3)ccc2c1=O)c1cc(F)cc(F)c1.[Br-]. The Bertz CT molecular complexity index is 1800. The van der Waals surface area contributed by atoms with E-state index in [2.05, 4.69) is 7.05 Å². The van der Waals surface area contributed by atoms with Crippen LogP contribution >= 0.6 is 0 Å². The van der Waals surface area contributed by atoms with Crippen molar-refractivity contribution in [3.63, 3.8) is 0 Å². The maximum absolute atomic E-state index is 14.1. The van der Waals surface area contributed by atoms with Gasteiger partial charge in [0, 0.05) is 54.1 Å². The van der Waals surface area contributed by atoms with Crippen molar-refractivity contribution in [1.82, 2.24) is 4.57 Å². The predicted molar refractivity (Wildman–Crippen MR) is 194 cm³/mol. The lowest BCUT2D eigenvalue weighted by molar-refractivity contribution is -0.914. The second-order valence-corrected chi connectivity index (χ2v) is 13.5. The van der Waals surface area contributed by atoms with Crippen LogP contribution in [0, 0.1) is 11.6 Å². The number of hydrogen-bond acceptors (Lipinski definition) is 5. The first-order valence-electron chi connectivity index (χ1n) is 17.8. The average Bonchev–Trinajstić information content (AvgIpc) is 3.11. The number of fused-ring (bicyclic) bond motifs is 1. The molecule has 8 nitrogen and oxygen atoms in total. The van der Waals surface area contributed by atoms with Crippen molar-refractivity contribution in [2.45, 2.75) is 64.7 Å². The highest BCUT2D eigenvalue weighted by atomic mass is 79.9. The maximum atomic E-state index is 14.1. The highest BCUT2D eigenvalue weighted by molar-refractivity contribution is 6.07. The minimum absolute atomic E-state index is 0. The van der Waals surface area contributed by atoms with Crippen LogP contribution in [0.4, 0.5) is 14.5 Å². The fourth-order valence-corrected chi connectivity index (χ4v) is 6.97. The number of quaternary nitrogens is 1. The zero-order valence-electron chi connectivity index (χ0n) is 30.2. The summed E-state index contributed by atoms with van der Waals surface area (Å²) in [5.74, 6) is -0.703. The Kier molecular flexibility index (Phi) is 14.4. The van der Waals surface area contributed by atoms with Gasteiger partial charge in [0.05, 0.1) is 58.7 Å². The Morgan fingerprint density at radius 3 is 2.08 bits per heavy atom. The molecule has 1 saturated heterocycles. The number of amides is 1. The number of carbonyl (C=O) groups is 1. The van der Waals surface area contributed by atoms with Crippen LogP contribution < -0.4 is 41.5 Å². The van der Waals surface area contributed by atoms with E-state index in [1.807, 2.05) is 0 Å². The molecule has 51 heavy (non-hydrogen) atoms. The van der Waals surface area contributed by atoms with Crippen LogP contribution in [0.25, 0.3) is 16.6 Å². The van der Waals surface area contributed by atoms with Gasteiger partial charge in [-0.3, -0.25) is 9.59 Å². The van der Waals surface area contributed by atoms with Gasteiger partial charge in [-0.2, -0.15) is 0 Å². The van der Waals surface area contributed by atoms with Crippen molar-refractivity contribution in [3.05, 3.63) is 88.2 Å². The number of likely N-dealkylation sites (tertiary alicyclic amines) is 1. The summed E-state index contributed by atoms with van der Waals surface area (Å²) in [5, 5.41) is 0.284. The molecule has 0 N–H and O–H groups in total. The molecular formula is C40H50BrF2N3O5. The van der Waals surface area contributed by atoms with E-state index in [4.69, 9.17) is 14.2 Å². The van der Waals surface area contributed by atoms with Crippen molar-refractivity contribution >= 4 is 22.5 Å². The smallest absolute Gasteiger partial charge is 0.263 e. The topological polar surface area (TPSA) is 70.0 Å². The first-order valence-corrected chi connectivity index (χ1v) is 17.8. The van der Waals surface area contributed by atoms with Crippen molar-refractivity contribution in [2.24, 2.45) is 0 Å². The molecule has 0 spiro atoms. The van der Waals surface area contributed by atoms with E-state index >= 15 is 0 Å². The van der Waals surface area contributed by atoms with Gasteiger partial charge in [-0.1, -0.05) is 19.3 Å². The molecule has 1 aliphatic rings. The normalized spacial score (nSPS) is 13.8. The largest absolute Gasteiger partial charge is 1.00 e. The standard InChI is InChI=1S/C40H50F2N3O5.BrH/c1-5-43(31-22-29(41)21-30(42)23-31)40(47)37-28-44(32-24-34(48-3)26-35(25-32)49-4)38-27-33(15-16-36(38)39(37)46)50-20-14-9-7-6-8-11-17-45(2)18-12-10-13-19-45;/h15-16,21-28H,5-14,17-20H2,1-4H3;1H/q+1;/p-1. The number of anilines is 1. The molecule has 0 aliphatic carbocycles. The van der Waals surface area contributed by atoms with Gasteiger partial charge in [-0.25, -0.2) is 8.78 Å². The van der Waals surface area contributed by atoms with Gasteiger partial charge in [0.25, 0.3) is 5.91 Å². The second-order valence-electron chi connectivity index (χ2n) is 13.5. The number of unbranched alkanes of at least 4 members (excludes halogenated alkanes) is 5. The molecule has 0 saturated carbocycles. The first-order chi connectivity index (χ1) is 24.1. The molecule has 276 valence electrons. The van der Waals surface area contributed by atoms with E-state index in [1.165, 1.54) is 94.4 Å². The van der Waals surface area contributed by atoms with Crippen molar-refractivity contribution < 1.29 is 49.3 Å². The number of carbonyl (C=O) groups excluding carboxylic acids is 1. The molecule has 1 amide bonds. The Balaban J connectivity index is 0.00000583. The molecule has 11 heteroatoms. The minimum Gasteiger partial charge on any atom is -1.00 e. The van der Waals surface area contributed by atoms with E-state index in [0.717, 1.165) is 31.0 Å². The summed E-state index contributed by atoms with van der Waals surface area (Å²) in [5.41, 5.74) is 0.444. The van der Waals surface area contributed by atoms with Crippen molar-refractivity contribution in [1.29, 1.82) is 0 Å². The molecule has 0 radical (unpaired) electrons. The van der Waals surface area contributed by atoms with Crippen LogP contribution in [0.2, 0.25) is 0 Å². The molecule has 4 aromatic rings. The van der Waals surface area contributed by atoms with Gasteiger partial charge in [0.2, 0.25) is 5.43 Å². The lowest BCUT2D eigenvalue weighted by Gasteiger charge is -2.37. The Hall–Kier alpha value is -3.96. The summed E-state index contributed by atoms with van der Waals surface area (Å²) in [4.78, 5) is 29.0. The van der Waals surface area contributed by atoms with Gasteiger partial charge in [-0.15, -0.1) is 0 Å². The zero-order valence-corrected chi connectivity index (χ0v) is 31.8. The summed E-state index contributed by atoms with van der Waals surface area (Å²) in [6.45, 7) is 6.24. The molecule has 5 rings (SSSR count). The lowest BCUT2D eigenvalue weighted by atomic mass is 10.1. The number of piperidine rings is 1. The van der Waals surface area contributed by atoms with Gasteiger partial charge in [0.15, 0.2) is 0 Å². The van der Waals surface area contributed by atoms with E-state index < -0.39 is 23.0 Å². The molecule has 2 heterocycles. The fraction of sp³-hybridized carbons (Fsp3) is 0.450. The third-order valence-electron chi connectivity index (χ3n) is 9.80. The number of benzene rings is 3. The van der Waals surface area contributed by atoms with E-state index in [0.29, 0.717) is 35.1 Å². The molecule has 1 aliphatic heterocycles. The van der Waals surface area contributed by atoms with E-state index in [9.17, 15) is 18.4 Å². The second kappa shape index (κ2) is 18.5. The third-order valence-corrected chi connectivity index (χ3v) is 9.80. The van der Waals surface area contributed by atoms with Crippen LogP contribution in [-0.2, 0) is 0 Å². The molecule has 0 unspecified atom stereocenters. The molecule has 3 aromatic carbocycles. The van der Waals surface area contributed by atoms with Crippen molar-refractivity contribution in [2.75, 3.05) is 59.0 Å². The Morgan fingerprint density at radius 2 is 1.45 bits per heavy atom. The van der Waals surface area contributed by atoms with E-state index in [-0.39, 0.29) is 40.2 Å². The molecule has 1 fully saturated rings. The predicted octanol–water partition coefficient (Wildman–Crippen LogP) is 5.31.